The molecule has 16 heavy (non-hydrogen) atoms. The minimum atomic E-state index is -0.292. The van der Waals surface area contributed by atoms with Gasteiger partial charge in [-0.25, -0.2) is 0 Å². The monoisotopic (exact) mass is 277 g/mol. The number of nitrogens with zero attached hydrogens (tertiary/aromatic N) is 1. The van der Waals surface area contributed by atoms with Gasteiger partial charge in [-0.2, -0.15) is 0 Å². The van der Waals surface area contributed by atoms with Gasteiger partial charge in [0.25, 0.3) is 0 Å². The highest BCUT2D eigenvalue weighted by molar-refractivity contribution is 6.39. The minimum Gasteiger partial charge on any atom is -0.391 e. The average Bonchev–Trinajstić information content (AvgIpc) is 2.59. The molecule has 1 heterocycles. The van der Waals surface area contributed by atoms with E-state index < -0.39 is 0 Å². The molecule has 0 bridgehead atoms. The van der Waals surface area contributed by atoms with E-state index in [1.807, 2.05) is 0 Å². The number of hydrogen-bond donors (Lipinski definition) is 1. The lowest BCUT2D eigenvalue weighted by molar-refractivity contribution is 0.281. The molecule has 0 aliphatic rings. The summed E-state index contributed by atoms with van der Waals surface area (Å²) in [7, 11) is 0. The number of benzene rings is 1. The van der Waals surface area contributed by atoms with Crippen LogP contribution in [-0.2, 0) is 6.61 Å². The van der Waals surface area contributed by atoms with Crippen molar-refractivity contribution in [3.8, 4) is 11.3 Å². The first-order chi connectivity index (χ1) is 7.65. The third kappa shape index (κ3) is 1.92. The van der Waals surface area contributed by atoms with Crippen LogP contribution in [0.1, 0.15) is 5.56 Å². The van der Waals surface area contributed by atoms with Crippen LogP contribution in [0.5, 0.6) is 0 Å². The first kappa shape index (κ1) is 11.7. The Kier molecular flexibility index (Phi) is 3.40. The molecule has 0 atom stereocenters. The molecule has 3 nitrogen and oxygen atoms in total. The van der Waals surface area contributed by atoms with Gasteiger partial charge in [-0.3, -0.25) is 0 Å². The molecule has 0 saturated carbocycles. The summed E-state index contributed by atoms with van der Waals surface area (Å²) in [5.74, 6) is 0. The van der Waals surface area contributed by atoms with Crippen LogP contribution in [0.25, 0.3) is 11.3 Å². The molecule has 0 fully saturated rings. The molecule has 0 saturated heterocycles. The lowest BCUT2D eigenvalue weighted by Gasteiger charge is -2.04. The van der Waals surface area contributed by atoms with Crippen LogP contribution in [0.2, 0.25) is 15.3 Å². The maximum atomic E-state index is 9.16. The summed E-state index contributed by atoms with van der Waals surface area (Å²) in [6.07, 6.45) is 0. The van der Waals surface area contributed by atoms with E-state index in [0.717, 1.165) is 0 Å². The average molecular weight is 279 g/mol. The van der Waals surface area contributed by atoms with Gasteiger partial charge in [-0.1, -0.05) is 34.4 Å². The number of aliphatic hydroxyl groups excluding tert-OH is 1. The first-order valence-electron chi connectivity index (χ1n) is 4.34. The van der Waals surface area contributed by atoms with Gasteiger partial charge in [-0.15, -0.1) is 0 Å². The van der Waals surface area contributed by atoms with Crippen LogP contribution in [0, 0.1) is 0 Å². The second-order valence-corrected chi connectivity index (χ2v) is 4.20. The Labute approximate surface area is 107 Å². The maximum absolute atomic E-state index is 9.16. The molecule has 2 rings (SSSR count). The third-order valence-corrected chi connectivity index (χ3v) is 3.02. The van der Waals surface area contributed by atoms with Crippen molar-refractivity contribution in [2.45, 2.75) is 6.61 Å². The molecule has 1 aromatic carbocycles. The van der Waals surface area contributed by atoms with Crippen LogP contribution < -0.4 is 0 Å². The Morgan fingerprint density at radius 1 is 1.19 bits per heavy atom. The predicted molar refractivity (Wildman–Crippen MR) is 62.9 cm³/mol. The van der Waals surface area contributed by atoms with E-state index in [2.05, 4.69) is 5.16 Å². The van der Waals surface area contributed by atoms with Gasteiger partial charge in [0, 0.05) is 5.56 Å². The van der Waals surface area contributed by atoms with Gasteiger partial charge in [0.05, 0.1) is 22.2 Å². The Balaban J connectivity index is 2.67. The highest BCUT2D eigenvalue weighted by Gasteiger charge is 2.19. The zero-order chi connectivity index (χ0) is 11.7. The molecule has 6 heteroatoms. The fraction of sp³-hybridized carbons (Fsp3) is 0.100. The van der Waals surface area contributed by atoms with Crippen molar-refractivity contribution in [3.63, 3.8) is 0 Å². The molecule has 2 aromatic rings. The number of rotatable bonds is 2. The zero-order valence-corrected chi connectivity index (χ0v) is 10.1. The molecular formula is C10H6Cl3NO2. The fourth-order valence-electron chi connectivity index (χ4n) is 1.35. The van der Waals surface area contributed by atoms with Crippen molar-refractivity contribution in [2.75, 3.05) is 0 Å². The molecule has 0 radical (unpaired) electrons. The highest BCUT2D eigenvalue weighted by Crippen LogP contribution is 2.37. The van der Waals surface area contributed by atoms with Gasteiger partial charge < -0.3 is 9.63 Å². The number of hydrogen-bond acceptors (Lipinski definition) is 3. The van der Waals surface area contributed by atoms with Crippen molar-refractivity contribution in [3.05, 3.63) is 39.0 Å². The molecule has 0 amide bonds. The van der Waals surface area contributed by atoms with Crippen LogP contribution >= 0.6 is 34.8 Å². The van der Waals surface area contributed by atoms with Crippen LogP contribution in [-0.4, -0.2) is 10.3 Å². The minimum absolute atomic E-state index is 0.0356. The third-order valence-electron chi connectivity index (χ3n) is 2.10. The normalized spacial score (nSPS) is 10.8. The smallest absolute Gasteiger partial charge is 0.232 e. The van der Waals surface area contributed by atoms with E-state index in [4.69, 9.17) is 44.4 Å². The summed E-state index contributed by atoms with van der Waals surface area (Å²) in [4.78, 5) is 0. The lowest BCUT2D eigenvalue weighted by Crippen LogP contribution is -1.88. The van der Waals surface area contributed by atoms with Gasteiger partial charge in [0.15, 0.2) is 0 Å². The van der Waals surface area contributed by atoms with Crippen LogP contribution in [0.15, 0.2) is 22.7 Å². The second kappa shape index (κ2) is 4.63. The van der Waals surface area contributed by atoms with Crippen molar-refractivity contribution >= 4 is 34.8 Å². The van der Waals surface area contributed by atoms with Crippen LogP contribution in [0.4, 0.5) is 0 Å². The maximum Gasteiger partial charge on any atom is 0.232 e. The molecule has 0 aliphatic heterocycles. The SMILES string of the molecule is OCc1c(-c2c(Cl)cccc2Cl)noc1Cl. The Bertz CT molecular complexity index is 505. The van der Waals surface area contributed by atoms with E-state index in [1.54, 1.807) is 18.2 Å². The standard InChI is InChI=1S/C10H6Cl3NO2/c11-6-2-1-3-7(12)8(6)9-5(4-15)10(13)16-14-9/h1-3,15H,4H2. The van der Waals surface area contributed by atoms with E-state index in [0.29, 0.717) is 26.9 Å². The molecule has 0 aliphatic carbocycles. The van der Waals surface area contributed by atoms with E-state index >= 15 is 0 Å². The lowest BCUT2D eigenvalue weighted by atomic mass is 10.1. The fourth-order valence-corrected chi connectivity index (χ4v) is 2.11. The molecule has 84 valence electrons. The number of halogens is 3. The summed E-state index contributed by atoms with van der Waals surface area (Å²) in [5.41, 5.74) is 1.24. The Morgan fingerprint density at radius 2 is 1.81 bits per heavy atom. The summed E-state index contributed by atoms with van der Waals surface area (Å²) in [6, 6.07) is 5.06. The molecule has 0 unspecified atom stereocenters. The van der Waals surface area contributed by atoms with Gasteiger partial charge in [0.2, 0.25) is 5.22 Å². The van der Waals surface area contributed by atoms with Crippen molar-refractivity contribution in [1.29, 1.82) is 0 Å². The quantitative estimate of drug-likeness (QED) is 0.909. The first-order valence-corrected chi connectivity index (χ1v) is 5.47. The molecular weight excluding hydrogens is 272 g/mol. The summed E-state index contributed by atoms with van der Waals surface area (Å²) in [5, 5.41) is 13.8. The summed E-state index contributed by atoms with van der Waals surface area (Å²) < 4.78 is 4.79. The van der Waals surface area contributed by atoms with Crippen molar-refractivity contribution < 1.29 is 9.63 Å². The highest BCUT2D eigenvalue weighted by atomic mass is 35.5. The molecule has 1 aromatic heterocycles. The van der Waals surface area contributed by atoms with Crippen molar-refractivity contribution in [2.24, 2.45) is 0 Å². The van der Waals surface area contributed by atoms with Gasteiger partial charge in [0.1, 0.15) is 5.69 Å². The van der Waals surface area contributed by atoms with Gasteiger partial charge >= 0.3 is 0 Å². The molecule has 0 spiro atoms. The Morgan fingerprint density at radius 3 is 2.38 bits per heavy atom. The number of aliphatic hydroxyl groups is 1. The molecule has 1 N–H and O–H groups in total. The Hall–Kier alpha value is -0.740. The predicted octanol–water partition coefficient (Wildman–Crippen LogP) is 3.79. The van der Waals surface area contributed by atoms with E-state index in [-0.39, 0.29) is 11.8 Å². The number of aromatic nitrogens is 1. The second-order valence-electron chi connectivity index (χ2n) is 3.04. The van der Waals surface area contributed by atoms with E-state index in [1.165, 1.54) is 0 Å². The van der Waals surface area contributed by atoms with Crippen molar-refractivity contribution in [1.82, 2.24) is 5.16 Å². The van der Waals surface area contributed by atoms with Crippen LogP contribution in [0.3, 0.4) is 0 Å². The van der Waals surface area contributed by atoms with E-state index in [9.17, 15) is 0 Å². The zero-order valence-electron chi connectivity index (χ0n) is 7.88. The van der Waals surface area contributed by atoms with Gasteiger partial charge in [-0.05, 0) is 23.7 Å². The summed E-state index contributed by atoms with van der Waals surface area (Å²) >= 11 is 17.7. The summed E-state index contributed by atoms with van der Waals surface area (Å²) in [6.45, 7) is -0.292. The topological polar surface area (TPSA) is 46.3 Å². The largest absolute Gasteiger partial charge is 0.391 e.